The Morgan fingerprint density at radius 2 is 1.09 bits per heavy atom. The molecule has 7 nitrogen and oxygen atoms in total. The minimum atomic E-state index is -1.01. The Morgan fingerprint density at radius 1 is 0.617 bits per heavy atom. The van der Waals surface area contributed by atoms with Crippen LogP contribution in [0.4, 0.5) is 0 Å². The second kappa shape index (κ2) is 35.4. The molecule has 1 amide bonds. The van der Waals surface area contributed by atoms with Gasteiger partial charge in [0.1, 0.15) is 12.1 Å². The zero-order chi connectivity index (χ0) is 34.6. The monoisotopic (exact) mass is 665 g/mol. The van der Waals surface area contributed by atoms with E-state index in [2.05, 4.69) is 31.3 Å². The molecule has 0 aromatic carbocycles. The van der Waals surface area contributed by atoms with E-state index in [0.29, 0.717) is 38.6 Å². The number of esters is 1. The lowest BCUT2D eigenvalue weighted by Gasteiger charge is -2.15. The molecule has 0 saturated heterocycles. The van der Waals surface area contributed by atoms with Gasteiger partial charge in [0.05, 0.1) is 0 Å². The number of aliphatic carboxylic acids is 1. The Bertz CT molecular complexity index is 757. The maximum absolute atomic E-state index is 12.7. The summed E-state index contributed by atoms with van der Waals surface area (Å²) in [6.45, 7) is 4.92. The van der Waals surface area contributed by atoms with E-state index in [1.165, 1.54) is 116 Å². The van der Waals surface area contributed by atoms with Crippen molar-refractivity contribution in [2.24, 2.45) is 5.73 Å². The average molecular weight is 665 g/mol. The number of hydrogen-bond donors (Lipinski definition) is 3. The molecule has 276 valence electrons. The Morgan fingerprint density at radius 3 is 1.60 bits per heavy atom. The van der Waals surface area contributed by atoms with E-state index in [0.717, 1.165) is 44.9 Å². The first-order valence-electron chi connectivity index (χ1n) is 20.0. The second-order valence-electron chi connectivity index (χ2n) is 13.7. The summed E-state index contributed by atoms with van der Waals surface area (Å²) in [5, 5.41) is 11.9. The maximum atomic E-state index is 12.7. The van der Waals surface area contributed by atoms with Gasteiger partial charge in [-0.1, -0.05) is 148 Å². The normalized spacial score (nSPS) is 12.7. The van der Waals surface area contributed by atoms with Crippen LogP contribution in [0.2, 0.25) is 0 Å². The average Bonchev–Trinajstić information content (AvgIpc) is 3.05. The van der Waals surface area contributed by atoms with E-state index in [1.807, 2.05) is 0 Å². The molecule has 0 heterocycles. The number of unbranched alkanes of at least 4 members (excludes halogenated alkanes) is 22. The van der Waals surface area contributed by atoms with Gasteiger partial charge in [-0.15, -0.1) is 0 Å². The third kappa shape index (κ3) is 32.4. The molecule has 2 atom stereocenters. The fourth-order valence-electron chi connectivity index (χ4n) is 6.01. The minimum Gasteiger partial charge on any atom is -0.480 e. The van der Waals surface area contributed by atoms with Crippen molar-refractivity contribution in [2.45, 2.75) is 219 Å². The lowest BCUT2D eigenvalue weighted by atomic mass is 10.0. The van der Waals surface area contributed by atoms with Crippen molar-refractivity contribution < 1.29 is 24.2 Å². The zero-order valence-electron chi connectivity index (χ0n) is 30.9. The number of amides is 1. The summed E-state index contributed by atoms with van der Waals surface area (Å²) in [6, 6.07) is -0.867. The van der Waals surface area contributed by atoms with Crippen molar-refractivity contribution in [3.05, 3.63) is 12.2 Å². The van der Waals surface area contributed by atoms with Gasteiger partial charge in [-0.2, -0.15) is 0 Å². The van der Waals surface area contributed by atoms with Crippen LogP contribution in [0.1, 0.15) is 206 Å². The van der Waals surface area contributed by atoms with E-state index in [-0.39, 0.29) is 18.0 Å². The molecule has 0 aliphatic rings. The Hall–Kier alpha value is -1.89. The second-order valence-corrected chi connectivity index (χ2v) is 13.7. The number of carboxylic acids is 1. The molecule has 0 saturated carbocycles. The number of ether oxygens (including phenoxy) is 1. The summed E-state index contributed by atoms with van der Waals surface area (Å²) in [5.41, 5.74) is 5.47. The van der Waals surface area contributed by atoms with Crippen LogP contribution in [-0.4, -0.2) is 41.6 Å². The Labute approximate surface area is 290 Å². The smallest absolute Gasteiger partial charge is 0.326 e. The fourth-order valence-corrected chi connectivity index (χ4v) is 6.01. The van der Waals surface area contributed by atoms with E-state index in [9.17, 15) is 19.5 Å². The summed E-state index contributed by atoms with van der Waals surface area (Å²) in [6.07, 6.45) is 36.9. The van der Waals surface area contributed by atoms with Crippen LogP contribution >= 0.6 is 0 Å². The van der Waals surface area contributed by atoms with Crippen LogP contribution in [0.3, 0.4) is 0 Å². The highest BCUT2D eigenvalue weighted by Crippen LogP contribution is 2.16. The summed E-state index contributed by atoms with van der Waals surface area (Å²) in [7, 11) is 0. The highest BCUT2D eigenvalue weighted by molar-refractivity contribution is 5.83. The highest BCUT2D eigenvalue weighted by Gasteiger charge is 2.19. The third-order valence-electron chi connectivity index (χ3n) is 9.07. The van der Waals surface area contributed by atoms with Crippen LogP contribution in [-0.2, 0) is 19.1 Å². The standard InChI is InChI=1S/C40H76N2O5/c1-3-5-7-9-11-13-14-15-16-17-18-20-22-28-34-39(44)47-36(30-25-21-19-12-10-8-6-4-2)31-26-23-24-27-33-38(43)42-37(40(45)46)32-29-35-41/h25,30,36-37H,3-24,26-29,31-35,41H2,1-2H3,(H,42,43)(H,45,46)/b30-25-. The van der Waals surface area contributed by atoms with Crippen LogP contribution in [0.25, 0.3) is 0 Å². The molecule has 7 heteroatoms. The first-order valence-corrected chi connectivity index (χ1v) is 20.0. The van der Waals surface area contributed by atoms with Gasteiger partial charge in [0.25, 0.3) is 0 Å². The number of carbonyl (C=O) groups excluding carboxylic acids is 2. The number of carbonyl (C=O) groups is 3. The molecule has 0 rings (SSSR count). The molecule has 0 radical (unpaired) electrons. The van der Waals surface area contributed by atoms with Crippen molar-refractivity contribution in [1.82, 2.24) is 5.32 Å². The number of nitrogens with one attached hydrogen (secondary N) is 1. The van der Waals surface area contributed by atoms with E-state index in [1.54, 1.807) is 0 Å². The van der Waals surface area contributed by atoms with Gasteiger partial charge in [-0.3, -0.25) is 9.59 Å². The number of carboxylic acid groups (broad SMARTS) is 1. The van der Waals surface area contributed by atoms with Crippen LogP contribution < -0.4 is 11.1 Å². The molecule has 0 spiro atoms. The lowest BCUT2D eigenvalue weighted by molar-refractivity contribution is -0.147. The van der Waals surface area contributed by atoms with Crippen molar-refractivity contribution in [1.29, 1.82) is 0 Å². The Kier molecular flexibility index (Phi) is 34.0. The van der Waals surface area contributed by atoms with Gasteiger partial charge in [-0.25, -0.2) is 4.79 Å². The first-order chi connectivity index (χ1) is 22.9. The number of nitrogens with two attached hydrogens (primary N) is 1. The molecular weight excluding hydrogens is 588 g/mol. The molecule has 0 aromatic rings. The van der Waals surface area contributed by atoms with Crippen molar-refractivity contribution in [3.63, 3.8) is 0 Å². The molecule has 0 fully saturated rings. The molecule has 0 aromatic heterocycles. The zero-order valence-corrected chi connectivity index (χ0v) is 30.9. The summed E-state index contributed by atoms with van der Waals surface area (Å²) >= 11 is 0. The highest BCUT2D eigenvalue weighted by atomic mass is 16.5. The first kappa shape index (κ1) is 45.1. The summed E-state index contributed by atoms with van der Waals surface area (Å²) < 4.78 is 5.91. The van der Waals surface area contributed by atoms with Crippen molar-refractivity contribution in [2.75, 3.05) is 6.54 Å². The largest absolute Gasteiger partial charge is 0.480 e. The fraction of sp³-hybridized carbons (Fsp3) is 0.875. The SMILES string of the molecule is CCCCCCCC/C=C\C(CCCCCCC(=O)NC(CCCN)C(=O)O)OC(=O)CCCCCCCCCCCCCCCC. The lowest BCUT2D eigenvalue weighted by Crippen LogP contribution is -2.40. The molecule has 0 aliphatic carbocycles. The molecular formula is C40H76N2O5. The predicted molar refractivity (Wildman–Crippen MR) is 197 cm³/mol. The van der Waals surface area contributed by atoms with Gasteiger partial charge in [0, 0.05) is 12.8 Å². The van der Waals surface area contributed by atoms with E-state index < -0.39 is 12.0 Å². The predicted octanol–water partition coefficient (Wildman–Crippen LogP) is 10.7. The number of rotatable bonds is 36. The van der Waals surface area contributed by atoms with Crippen molar-refractivity contribution >= 4 is 17.8 Å². The van der Waals surface area contributed by atoms with Gasteiger partial charge in [0.15, 0.2) is 0 Å². The van der Waals surface area contributed by atoms with Crippen molar-refractivity contribution in [3.8, 4) is 0 Å². The molecule has 4 N–H and O–H groups in total. The molecule has 2 unspecified atom stereocenters. The maximum Gasteiger partial charge on any atom is 0.326 e. The summed E-state index contributed by atoms with van der Waals surface area (Å²) in [4.78, 5) is 36.2. The number of allylic oxidation sites excluding steroid dienone is 1. The van der Waals surface area contributed by atoms with Gasteiger partial charge < -0.3 is 20.9 Å². The third-order valence-corrected chi connectivity index (χ3v) is 9.07. The molecule has 47 heavy (non-hydrogen) atoms. The molecule has 0 bridgehead atoms. The van der Waals surface area contributed by atoms with E-state index >= 15 is 0 Å². The van der Waals surface area contributed by atoms with Gasteiger partial charge in [-0.05, 0) is 64.0 Å². The van der Waals surface area contributed by atoms with Gasteiger partial charge in [0.2, 0.25) is 5.91 Å². The Balaban J connectivity index is 4.27. The topological polar surface area (TPSA) is 119 Å². The van der Waals surface area contributed by atoms with Crippen LogP contribution in [0.15, 0.2) is 12.2 Å². The molecule has 0 aliphatic heterocycles. The minimum absolute atomic E-state index is 0.0857. The number of hydrogen-bond acceptors (Lipinski definition) is 5. The van der Waals surface area contributed by atoms with Crippen LogP contribution in [0.5, 0.6) is 0 Å². The van der Waals surface area contributed by atoms with E-state index in [4.69, 9.17) is 10.5 Å². The van der Waals surface area contributed by atoms with Crippen LogP contribution in [0, 0.1) is 0 Å². The quantitative estimate of drug-likeness (QED) is 0.0348. The van der Waals surface area contributed by atoms with Gasteiger partial charge >= 0.3 is 11.9 Å². The summed E-state index contributed by atoms with van der Waals surface area (Å²) in [5.74, 6) is -1.32.